The number of likely N-dealkylation sites (N-methyl/N-ethyl adjacent to an activating group) is 1. The van der Waals surface area contributed by atoms with Crippen LogP contribution in [0.2, 0.25) is 0 Å². The average Bonchev–Trinajstić information content (AvgIpc) is 2.83. The fourth-order valence-corrected chi connectivity index (χ4v) is 3.10. The molecule has 2 N–H and O–H groups in total. The Hall–Kier alpha value is -3.30. The molecule has 1 aromatic carbocycles. The van der Waals surface area contributed by atoms with E-state index in [1.807, 2.05) is 24.3 Å². The summed E-state index contributed by atoms with van der Waals surface area (Å²) in [6.45, 7) is 6.46. The van der Waals surface area contributed by atoms with E-state index >= 15 is 0 Å². The quantitative estimate of drug-likeness (QED) is 0.149. The van der Waals surface area contributed by atoms with Gasteiger partial charge in [-0.05, 0) is 62.8 Å². The molecule has 2 aromatic rings. The fourth-order valence-electron chi connectivity index (χ4n) is 2.83. The van der Waals surface area contributed by atoms with Gasteiger partial charge >= 0.3 is 11.9 Å². The van der Waals surface area contributed by atoms with Crippen molar-refractivity contribution in [2.45, 2.75) is 25.7 Å². The molecule has 0 atom stereocenters. The van der Waals surface area contributed by atoms with Crippen molar-refractivity contribution in [2.24, 2.45) is 0 Å². The Morgan fingerprint density at radius 2 is 1.63 bits per heavy atom. The minimum Gasteiger partial charge on any atom is -0.492 e. The minimum absolute atomic E-state index is 0.0875. The van der Waals surface area contributed by atoms with Crippen molar-refractivity contribution in [3.05, 3.63) is 83.1 Å². The van der Waals surface area contributed by atoms with Crippen molar-refractivity contribution >= 4 is 33.7 Å². The molecule has 1 heterocycles. The molecule has 9 heteroatoms. The van der Waals surface area contributed by atoms with E-state index in [9.17, 15) is 14.4 Å². The summed E-state index contributed by atoms with van der Waals surface area (Å²) in [7, 11) is 2.11. The standard InChI is InChI=1S/C22H27BrN2O2.C4H4O4/c1-3-14-25(2)15-6-4-5-7-16-27-20-12-13-21(24-17-20)22(26)18-8-10-19(23)11-9-18;5-3(6)1-2-4(7)8/h3,8-13,17H,1,4-7,14-16H2,2H3;1-2H,(H,5,6)(H,7,8). The zero-order chi connectivity index (χ0) is 26.1. The van der Waals surface area contributed by atoms with Crippen LogP contribution >= 0.6 is 15.9 Å². The fraction of sp³-hybridized carbons (Fsp3) is 0.308. The molecule has 0 amide bonds. The highest BCUT2D eigenvalue weighted by molar-refractivity contribution is 9.10. The summed E-state index contributed by atoms with van der Waals surface area (Å²) in [6, 6.07) is 10.8. The van der Waals surface area contributed by atoms with Gasteiger partial charge in [0.2, 0.25) is 5.78 Å². The summed E-state index contributed by atoms with van der Waals surface area (Å²) in [6.07, 6.45) is 9.23. The number of hydrogen-bond donors (Lipinski definition) is 2. The Bertz CT molecular complexity index is 958. The van der Waals surface area contributed by atoms with Crippen LogP contribution in [0.4, 0.5) is 0 Å². The zero-order valence-corrected chi connectivity index (χ0v) is 21.3. The third-order valence-electron chi connectivity index (χ3n) is 4.59. The van der Waals surface area contributed by atoms with Crippen LogP contribution in [0.25, 0.3) is 0 Å². The van der Waals surface area contributed by atoms with Crippen LogP contribution in [0.15, 0.2) is 71.9 Å². The molecule has 0 spiro atoms. The van der Waals surface area contributed by atoms with Crippen molar-refractivity contribution in [3.63, 3.8) is 0 Å². The highest BCUT2D eigenvalue weighted by atomic mass is 79.9. The molecule has 0 unspecified atom stereocenters. The van der Waals surface area contributed by atoms with Crippen LogP contribution in [-0.4, -0.2) is 64.6 Å². The summed E-state index contributed by atoms with van der Waals surface area (Å²) in [4.78, 5) is 38.0. The Balaban J connectivity index is 0.000000658. The minimum atomic E-state index is -1.26. The number of rotatable bonds is 14. The van der Waals surface area contributed by atoms with Gasteiger partial charge < -0.3 is 19.8 Å². The van der Waals surface area contributed by atoms with E-state index < -0.39 is 11.9 Å². The summed E-state index contributed by atoms with van der Waals surface area (Å²) in [5, 5.41) is 15.6. The summed E-state index contributed by atoms with van der Waals surface area (Å²) >= 11 is 3.37. The lowest BCUT2D eigenvalue weighted by atomic mass is 10.1. The van der Waals surface area contributed by atoms with Crippen molar-refractivity contribution in [1.29, 1.82) is 0 Å². The number of carbonyl (C=O) groups excluding carboxylic acids is 1. The molecule has 8 nitrogen and oxygen atoms in total. The van der Waals surface area contributed by atoms with E-state index in [0.29, 0.717) is 35.8 Å². The number of unbranched alkanes of at least 4 members (excludes halogenated alkanes) is 3. The molecule has 0 fully saturated rings. The van der Waals surface area contributed by atoms with Crippen LogP contribution in [0.3, 0.4) is 0 Å². The van der Waals surface area contributed by atoms with Gasteiger partial charge in [-0.15, -0.1) is 6.58 Å². The molecular formula is C26H31BrN2O6. The van der Waals surface area contributed by atoms with E-state index in [0.717, 1.165) is 30.4 Å². The topological polar surface area (TPSA) is 117 Å². The molecule has 0 saturated heterocycles. The van der Waals surface area contributed by atoms with Gasteiger partial charge in [0.15, 0.2) is 0 Å². The highest BCUT2D eigenvalue weighted by Gasteiger charge is 2.10. The number of carboxylic acid groups (broad SMARTS) is 2. The monoisotopic (exact) mass is 546 g/mol. The van der Waals surface area contributed by atoms with E-state index in [1.165, 1.54) is 12.8 Å². The lowest BCUT2D eigenvalue weighted by Crippen LogP contribution is -2.19. The van der Waals surface area contributed by atoms with Crippen molar-refractivity contribution in [1.82, 2.24) is 9.88 Å². The molecule has 0 aliphatic heterocycles. The van der Waals surface area contributed by atoms with Crippen LogP contribution in [-0.2, 0) is 9.59 Å². The second kappa shape index (κ2) is 17.2. The van der Waals surface area contributed by atoms with Gasteiger partial charge in [-0.3, -0.25) is 4.79 Å². The first-order valence-electron chi connectivity index (χ1n) is 11.1. The van der Waals surface area contributed by atoms with Gasteiger partial charge in [0, 0.05) is 28.7 Å². The average molecular weight is 547 g/mol. The van der Waals surface area contributed by atoms with Crippen LogP contribution in [0, 0.1) is 0 Å². The molecule has 2 rings (SSSR count). The smallest absolute Gasteiger partial charge is 0.328 e. The Kier molecular flexibility index (Phi) is 14.6. The van der Waals surface area contributed by atoms with Crippen LogP contribution in [0.1, 0.15) is 41.7 Å². The number of ketones is 1. The second-order valence-electron chi connectivity index (χ2n) is 7.54. The molecule has 0 aliphatic carbocycles. The van der Waals surface area contributed by atoms with E-state index in [-0.39, 0.29) is 5.78 Å². The number of pyridine rings is 1. The normalized spacial score (nSPS) is 10.5. The lowest BCUT2D eigenvalue weighted by Gasteiger charge is -2.13. The summed E-state index contributed by atoms with van der Waals surface area (Å²) < 4.78 is 6.67. The Labute approximate surface area is 214 Å². The number of aliphatic carboxylic acids is 2. The molecule has 0 bridgehead atoms. The van der Waals surface area contributed by atoms with Gasteiger partial charge in [-0.2, -0.15) is 0 Å². The maximum Gasteiger partial charge on any atom is 0.328 e. The lowest BCUT2D eigenvalue weighted by molar-refractivity contribution is -0.134. The first-order valence-corrected chi connectivity index (χ1v) is 11.8. The highest BCUT2D eigenvalue weighted by Crippen LogP contribution is 2.16. The number of carboxylic acids is 2. The Morgan fingerprint density at radius 1 is 1.00 bits per heavy atom. The van der Waals surface area contributed by atoms with Crippen molar-refractivity contribution in [2.75, 3.05) is 26.7 Å². The summed E-state index contributed by atoms with van der Waals surface area (Å²) in [5.74, 6) is -1.90. The predicted octanol–water partition coefficient (Wildman–Crippen LogP) is 4.84. The summed E-state index contributed by atoms with van der Waals surface area (Å²) in [5.41, 5.74) is 1.05. The third-order valence-corrected chi connectivity index (χ3v) is 5.12. The van der Waals surface area contributed by atoms with Gasteiger partial charge in [0.1, 0.15) is 11.4 Å². The largest absolute Gasteiger partial charge is 0.492 e. The third kappa shape index (κ3) is 13.9. The predicted molar refractivity (Wildman–Crippen MR) is 138 cm³/mol. The first kappa shape index (κ1) is 29.7. The van der Waals surface area contributed by atoms with E-state index in [1.54, 1.807) is 24.4 Å². The maximum atomic E-state index is 12.4. The van der Waals surface area contributed by atoms with Gasteiger partial charge in [-0.25, -0.2) is 14.6 Å². The molecule has 1 aromatic heterocycles. The molecule has 0 aliphatic rings. The number of hydrogen-bond acceptors (Lipinski definition) is 6. The van der Waals surface area contributed by atoms with Crippen LogP contribution < -0.4 is 4.74 Å². The number of aromatic nitrogens is 1. The van der Waals surface area contributed by atoms with Gasteiger partial charge in [0.05, 0.1) is 12.8 Å². The number of carbonyl (C=O) groups is 3. The second-order valence-corrected chi connectivity index (χ2v) is 8.45. The molecule has 0 radical (unpaired) electrons. The van der Waals surface area contributed by atoms with Crippen LogP contribution in [0.5, 0.6) is 5.75 Å². The molecule has 188 valence electrons. The van der Waals surface area contributed by atoms with E-state index in [2.05, 4.69) is 39.4 Å². The SMILES string of the molecule is C=CCN(C)CCCCCCOc1ccc(C(=O)c2ccc(Br)cc2)nc1.O=C(O)C=CC(=O)O. The number of ether oxygens (including phenoxy) is 1. The van der Waals surface area contributed by atoms with Gasteiger partial charge in [0.25, 0.3) is 0 Å². The number of halogens is 1. The zero-order valence-electron chi connectivity index (χ0n) is 19.7. The Morgan fingerprint density at radius 3 is 2.17 bits per heavy atom. The first-order chi connectivity index (χ1) is 16.7. The van der Waals surface area contributed by atoms with Gasteiger partial charge in [-0.1, -0.05) is 34.8 Å². The number of nitrogens with zero attached hydrogens (tertiary/aromatic N) is 2. The van der Waals surface area contributed by atoms with Crippen molar-refractivity contribution < 1.29 is 29.3 Å². The van der Waals surface area contributed by atoms with Crippen molar-refractivity contribution in [3.8, 4) is 5.75 Å². The molecular weight excluding hydrogens is 516 g/mol. The van der Waals surface area contributed by atoms with E-state index in [4.69, 9.17) is 14.9 Å². The molecule has 35 heavy (non-hydrogen) atoms. The molecule has 0 saturated carbocycles. The maximum absolute atomic E-state index is 12.4. The number of benzene rings is 1.